The lowest BCUT2D eigenvalue weighted by atomic mass is 10.2. The Morgan fingerprint density at radius 1 is 1.48 bits per heavy atom. The second kappa shape index (κ2) is 6.79. The first-order valence-electron chi connectivity index (χ1n) is 6.41. The summed E-state index contributed by atoms with van der Waals surface area (Å²) in [6.07, 6.45) is 3.47. The second-order valence-electron chi connectivity index (χ2n) is 4.30. The van der Waals surface area contributed by atoms with Gasteiger partial charge >= 0.3 is 0 Å². The van der Waals surface area contributed by atoms with Gasteiger partial charge in [-0.3, -0.25) is 0 Å². The predicted molar refractivity (Wildman–Crippen MR) is 91.2 cm³/mol. The van der Waals surface area contributed by atoms with Crippen molar-refractivity contribution in [2.45, 2.75) is 13.8 Å². The molecule has 0 spiro atoms. The Morgan fingerprint density at radius 2 is 2.24 bits per heavy atom. The van der Waals surface area contributed by atoms with Crippen LogP contribution < -0.4 is 15.2 Å². The zero-order valence-electron chi connectivity index (χ0n) is 12.1. The number of halogens is 1. The number of hydrogen-bond acceptors (Lipinski definition) is 5. The van der Waals surface area contributed by atoms with Crippen molar-refractivity contribution < 1.29 is 9.47 Å². The van der Waals surface area contributed by atoms with Crippen molar-refractivity contribution in [1.82, 2.24) is 9.66 Å². The highest BCUT2D eigenvalue weighted by Crippen LogP contribution is 2.33. The van der Waals surface area contributed by atoms with Crippen molar-refractivity contribution >= 4 is 34.8 Å². The van der Waals surface area contributed by atoms with Crippen LogP contribution in [0.15, 0.2) is 23.4 Å². The minimum Gasteiger partial charge on any atom is -0.493 e. The lowest BCUT2D eigenvalue weighted by Gasteiger charge is -2.12. The molecule has 1 aromatic carbocycles. The summed E-state index contributed by atoms with van der Waals surface area (Å²) in [6, 6.07) is 3.84. The number of aromatic nitrogens is 2. The van der Waals surface area contributed by atoms with Gasteiger partial charge in [-0.1, -0.05) is 0 Å². The summed E-state index contributed by atoms with van der Waals surface area (Å²) in [6.45, 7) is 4.39. The summed E-state index contributed by atoms with van der Waals surface area (Å²) in [5, 5.41) is 4.29. The molecule has 0 atom stereocenters. The van der Waals surface area contributed by atoms with Crippen molar-refractivity contribution in [2.24, 2.45) is 5.10 Å². The average Bonchev–Trinajstić information content (AvgIpc) is 2.77. The third kappa shape index (κ3) is 3.66. The van der Waals surface area contributed by atoms with Gasteiger partial charge in [0, 0.05) is 0 Å². The SMILES string of the molecule is CCOc1c(I)cc(C=Nn2cc(C)nc2N)cc1OC. The van der Waals surface area contributed by atoms with Crippen molar-refractivity contribution in [3.05, 3.63) is 33.2 Å². The van der Waals surface area contributed by atoms with Crippen molar-refractivity contribution in [2.75, 3.05) is 19.5 Å². The molecule has 2 rings (SSSR count). The van der Waals surface area contributed by atoms with E-state index >= 15 is 0 Å². The molecule has 0 aliphatic rings. The fourth-order valence-corrected chi connectivity index (χ4v) is 2.61. The first-order valence-corrected chi connectivity index (χ1v) is 7.49. The van der Waals surface area contributed by atoms with E-state index in [1.807, 2.05) is 26.0 Å². The predicted octanol–water partition coefficient (Wildman–Crippen LogP) is 2.67. The Labute approximate surface area is 137 Å². The van der Waals surface area contributed by atoms with E-state index in [9.17, 15) is 0 Å². The molecule has 1 heterocycles. The van der Waals surface area contributed by atoms with Gasteiger partial charge in [0.1, 0.15) is 0 Å². The molecule has 2 aromatic rings. The molecule has 2 N–H and O–H groups in total. The van der Waals surface area contributed by atoms with E-state index in [1.165, 1.54) is 4.68 Å². The third-order valence-electron chi connectivity index (χ3n) is 2.71. The Kier molecular flexibility index (Phi) is 5.05. The van der Waals surface area contributed by atoms with E-state index in [0.29, 0.717) is 18.3 Å². The summed E-state index contributed by atoms with van der Waals surface area (Å²) in [5.41, 5.74) is 7.46. The molecule has 21 heavy (non-hydrogen) atoms. The van der Waals surface area contributed by atoms with Crippen LogP contribution in [0, 0.1) is 10.5 Å². The lowest BCUT2D eigenvalue weighted by Crippen LogP contribution is -2.00. The zero-order chi connectivity index (χ0) is 15.4. The number of benzene rings is 1. The van der Waals surface area contributed by atoms with Gasteiger partial charge in [0.05, 0.1) is 35.4 Å². The maximum atomic E-state index is 5.75. The second-order valence-corrected chi connectivity index (χ2v) is 5.46. The highest BCUT2D eigenvalue weighted by Gasteiger charge is 2.10. The monoisotopic (exact) mass is 400 g/mol. The topological polar surface area (TPSA) is 74.7 Å². The quantitative estimate of drug-likeness (QED) is 0.619. The van der Waals surface area contributed by atoms with Gasteiger partial charge in [0.15, 0.2) is 11.5 Å². The van der Waals surface area contributed by atoms with E-state index in [1.54, 1.807) is 19.5 Å². The van der Waals surface area contributed by atoms with Gasteiger partial charge < -0.3 is 15.2 Å². The molecule has 1 aromatic heterocycles. The van der Waals surface area contributed by atoms with Crippen LogP contribution in [-0.2, 0) is 0 Å². The van der Waals surface area contributed by atoms with E-state index in [2.05, 4.69) is 32.7 Å². The van der Waals surface area contributed by atoms with Crippen LogP contribution in [-0.4, -0.2) is 29.6 Å². The molecule has 0 fully saturated rings. The summed E-state index contributed by atoms with van der Waals surface area (Å²) in [5.74, 6) is 1.78. The number of ether oxygens (including phenoxy) is 2. The Bertz CT molecular complexity index is 667. The number of nitrogens with two attached hydrogens (primary N) is 1. The molecule has 0 aliphatic carbocycles. The number of nitrogen functional groups attached to an aromatic ring is 1. The van der Waals surface area contributed by atoms with Crippen LogP contribution in [0.1, 0.15) is 18.2 Å². The Hall–Kier alpha value is -1.77. The highest BCUT2D eigenvalue weighted by atomic mass is 127. The normalized spacial score (nSPS) is 11.0. The summed E-state index contributed by atoms with van der Waals surface area (Å²) in [4.78, 5) is 4.09. The van der Waals surface area contributed by atoms with Gasteiger partial charge in [0.25, 0.3) is 0 Å². The number of aryl methyl sites for hydroxylation is 1. The first-order chi connectivity index (χ1) is 10.0. The summed E-state index contributed by atoms with van der Waals surface area (Å²) < 4.78 is 13.4. The van der Waals surface area contributed by atoms with Crippen LogP contribution in [0.4, 0.5) is 5.95 Å². The van der Waals surface area contributed by atoms with Gasteiger partial charge in [-0.05, 0) is 54.1 Å². The molecular formula is C14H17IN4O2. The lowest BCUT2D eigenvalue weighted by molar-refractivity contribution is 0.308. The first kappa shape index (κ1) is 15.6. The van der Waals surface area contributed by atoms with Gasteiger partial charge in [0.2, 0.25) is 5.95 Å². The maximum Gasteiger partial charge on any atom is 0.221 e. The Morgan fingerprint density at radius 3 is 2.81 bits per heavy atom. The van der Waals surface area contributed by atoms with Gasteiger partial charge in [-0.25, -0.2) is 9.66 Å². The van der Waals surface area contributed by atoms with Crippen LogP contribution in [0.3, 0.4) is 0 Å². The largest absolute Gasteiger partial charge is 0.493 e. The van der Waals surface area contributed by atoms with Crippen molar-refractivity contribution in [3.63, 3.8) is 0 Å². The number of anilines is 1. The van der Waals surface area contributed by atoms with Gasteiger partial charge in [-0.15, -0.1) is 0 Å². The maximum absolute atomic E-state index is 5.75. The van der Waals surface area contributed by atoms with Crippen LogP contribution in [0.5, 0.6) is 11.5 Å². The van der Waals surface area contributed by atoms with E-state index < -0.39 is 0 Å². The molecule has 112 valence electrons. The average molecular weight is 400 g/mol. The van der Waals surface area contributed by atoms with Crippen LogP contribution in [0.2, 0.25) is 0 Å². The fraction of sp³-hybridized carbons (Fsp3) is 0.286. The summed E-state index contributed by atoms with van der Waals surface area (Å²) in [7, 11) is 1.62. The van der Waals surface area contributed by atoms with Gasteiger partial charge in [-0.2, -0.15) is 5.10 Å². The van der Waals surface area contributed by atoms with E-state index in [4.69, 9.17) is 15.2 Å². The molecule has 7 heteroatoms. The summed E-state index contributed by atoms with van der Waals surface area (Å²) >= 11 is 2.21. The van der Waals surface area contributed by atoms with Crippen molar-refractivity contribution in [3.8, 4) is 11.5 Å². The Balaban J connectivity index is 2.32. The number of methoxy groups -OCH3 is 1. The standard InChI is InChI=1S/C14H17IN4O2/c1-4-21-13-11(15)5-10(6-12(13)20-3)7-17-19-8-9(2)18-14(19)16/h5-8H,4H2,1-3H3,(H2,16,18). The fourth-order valence-electron chi connectivity index (χ4n) is 1.82. The minimum absolute atomic E-state index is 0.358. The molecular weight excluding hydrogens is 383 g/mol. The number of rotatable bonds is 5. The van der Waals surface area contributed by atoms with Crippen LogP contribution >= 0.6 is 22.6 Å². The molecule has 0 bridgehead atoms. The van der Waals surface area contributed by atoms with Crippen LogP contribution in [0.25, 0.3) is 0 Å². The zero-order valence-corrected chi connectivity index (χ0v) is 14.3. The molecule has 0 unspecified atom stereocenters. The molecule has 0 aliphatic heterocycles. The molecule has 6 nitrogen and oxygen atoms in total. The number of nitrogens with zero attached hydrogens (tertiary/aromatic N) is 3. The third-order valence-corrected chi connectivity index (χ3v) is 3.51. The molecule has 0 saturated heterocycles. The molecule has 0 saturated carbocycles. The molecule has 0 amide bonds. The van der Waals surface area contributed by atoms with Crippen molar-refractivity contribution in [1.29, 1.82) is 0 Å². The number of hydrogen-bond donors (Lipinski definition) is 1. The van der Waals surface area contributed by atoms with E-state index in [-0.39, 0.29) is 0 Å². The highest BCUT2D eigenvalue weighted by molar-refractivity contribution is 14.1. The molecule has 0 radical (unpaired) electrons. The van der Waals surface area contributed by atoms with E-state index in [0.717, 1.165) is 20.6 Å². The smallest absolute Gasteiger partial charge is 0.221 e. The minimum atomic E-state index is 0.358. The number of imidazole rings is 1.